The first-order valence-corrected chi connectivity index (χ1v) is 9.32. The molecule has 0 spiro atoms. The molecule has 116 valence electrons. The Morgan fingerprint density at radius 2 is 2.14 bits per heavy atom. The van der Waals surface area contributed by atoms with Gasteiger partial charge in [-0.25, -0.2) is 13.1 Å². The highest BCUT2D eigenvalue weighted by Crippen LogP contribution is 2.47. The van der Waals surface area contributed by atoms with Gasteiger partial charge in [0.25, 0.3) is 0 Å². The van der Waals surface area contributed by atoms with Crippen LogP contribution in [0.2, 0.25) is 0 Å². The first-order valence-electron chi connectivity index (χ1n) is 7.77. The second-order valence-corrected chi connectivity index (χ2v) is 9.19. The molecule has 1 aromatic rings. The SMILES string of the molecule is CC(C)(CNS(=O)(=O)C1C[C@@H]2CC[C@H]1C2)c1cccnc1. The maximum Gasteiger partial charge on any atom is 0.214 e. The maximum absolute atomic E-state index is 12.6. The summed E-state index contributed by atoms with van der Waals surface area (Å²) in [7, 11) is -3.20. The predicted molar refractivity (Wildman–Crippen MR) is 83.4 cm³/mol. The van der Waals surface area contributed by atoms with E-state index in [4.69, 9.17) is 0 Å². The Kier molecular flexibility index (Phi) is 3.82. The summed E-state index contributed by atoms with van der Waals surface area (Å²) in [5.74, 6) is 1.02. The van der Waals surface area contributed by atoms with Crippen LogP contribution in [0.5, 0.6) is 0 Å². The van der Waals surface area contributed by atoms with Gasteiger partial charge in [0.2, 0.25) is 10.0 Å². The highest BCUT2D eigenvalue weighted by molar-refractivity contribution is 7.90. The van der Waals surface area contributed by atoms with Crippen molar-refractivity contribution in [2.45, 2.75) is 50.2 Å². The molecule has 0 amide bonds. The number of hydrogen-bond acceptors (Lipinski definition) is 3. The zero-order valence-electron chi connectivity index (χ0n) is 12.7. The van der Waals surface area contributed by atoms with Crippen molar-refractivity contribution in [3.8, 4) is 0 Å². The molecule has 4 nitrogen and oxygen atoms in total. The molecular formula is C16H24N2O2S. The lowest BCUT2D eigenvalue weighted by Gasteiger charge is -2.28. The second-order valence-electron chi connectivity index (χ2n) is 7.21. The standard InChI is InChI=1S/C16H24N2O2S/c1-16(2,14-4-3-7-17-10-14)11-18-21(19,20)15-9-12-5-6-13(15)8-12/h3-4,7,10,12-13,15,18H,5-6,8-9,11H2,1-2H3/t12-,13+,15?/m1/s1. The highest BCUT2D eigenvalue weighted by Gasteiger charge is 2.46. The quantitative estimate of drug-likeness (QED) is 0.909. The van der Waals surface area contributed by atoms with E-state index in [1.54, 1.807) is 6.20 Å². The van der Waals surface area contributed by atoms with E-state index < -0.39 is 10.0 Å². The summed E-state index contributed by atoms with van der Waals surface area (Å²) in [5.41, 5.74) is 0.805. The van der Waals surface area contributed by atoms with Gasteiger partial charge < -0.3 is 0 Å². The number of hydrogen-bond donors (Lipinski definition) is 1. The largest absolute Gasteiger partial charge is 0.264 e. The molecular weight excluding hydrogens is 284 g/mol. The number of pyridine rings is 1. The average molecular weight is 308 g/mol. The van der Waals surface area contributed by atoms with Crippen molar-refractivity contribution >= 4 is 10.0 Å². The molecule has 1 N–H and O–H groups in total. The number of rotatable bonds is 5. The molecule has 2 bridgehead atoms. The number of aromatic nitrogens is 1. The monoisotopic (exact) mass is 308 g/mol. The Bertz CT molecular complexity index is 598. The summed E-state index contributed by atoms with van der Waals surface area (Å²) < 4.78 is 28.0. The number of nitrogens with zero attached hydrogens (tertiary/aromatic N) is 1. The second kappa shape index (κ2) is 5.36. The van der Waals surface area contributed by atoms with Gasteiger partial charge in [0.15, 0.2) is 0 Å². The summed E-state index contributed by atoms with van der Waals surface area (Å²) in [6.07, 6.45) is 7.82. The van der Waals surface area contributed by atoms with Crippen LogP contribution in [0.3, 0.4) is 0 Å². The Balaban J connectivity index is 1.67. The summed E-state index contributed by atoms with van der Waals surface area (Å²) in [4.78, 5) is 4.13. The van der Waals surface area contributed by atoms with Gasteiger partial charge in [0, 0.05) is 24.4 Å². The van der Waals surface area contributed by atoms with Crippen LogP contribution >= 0.6 is 0 Å². The zero-order valence-corrected chi connectivity index (χ0v) is 13.6. The van der Waals surface area contributed by atoms with Gasteiger partial charge in [-0.1, -0.05) is 26.3 Å². The van der Waals surface area contributed by atoms with Crippen LogP contribution in [0.15, 0.2) is 24.5 Å². The van der Waals surface area contributed by atoms with Crippen molar-refractivity contribution in [3.05, 3.63) is 30.1 Å². The molecule has 0 saturated heterocycles. The van der Waals surface area contributed by atoms with E-state index >= 15 is 0 Å². The highest BCUT2D eigenvalue weighted by atomic mass is 32.2. The first-order chi connectivity index (χ1) is 9.88. The molecule has 2 saturated carbocycles. The predicted octanol–water partition coefficient (Wildman–Crippen LogP) is 2.47. The van der Waals surface area contributed by atoms with Crippen molar-refractivity contribution in [3.63, 3.8) is 0 Å². The van der Waals surface area contributed by atoms with Crippen LogP contribution < -0.4 is 4.72 Å². The lowest BCUT2D eigenvalue weighted by Crippen LogP contribution is -2.43. The molecule has 0 aromatic carbocycles. The molecule has 1 aromatic heterocycles. The van der Waals surface area contributed by atoms with Gasteiger partial charge in [0.1, 0.15) is 0 Å². The Morgan fingerprint density at radius 3 is 2.71 bits per heavy atom. The van der Waals surface area contributed by atoms with E-state index in [2.05, 4.69) is 9.71 Å². The van der Waals surface area contributed by atoms with Crippen LogP contribution in [0.25, 0.3) is 0 Å². The van der Waals surface area contributed by atoms with Crippen LogP contribution in [0.1, 0.15) is 45.1 Å². The van der Waals surface area contributed by atoms with E-state index in [0.717, 1.165) is 24.8 Å². The van der Waals surface area contributed by atoms with E-state index in [0.29, 0.717) is 18.4 Å². The summed E-state index contributed by atoms with van der Waals surface area (Å²) >= 11 is 0. The van der Waals surface area contributed by atoms with Crippen LogP contribution in [-0.2, 0) is 15.4 Å². The fraction of sp³-hybridized carbons (Fsp3) is 0.688. The minimum atomic E-state index is -3.20. The normalized spacial score (nSPS) is 29.0. The third-order valence-electron chi connectivity index (χ3n) is 5.23. The molecule has 3 atom stereocenters. The van der Waals surface area contributed by atoms with Crippen molar-refractivity contribution in [2.24, 2.45) is 11.8 Å². The molecule has 1 unspecified atom stereocenters. The molecule has 2 fully saturated rings. The van der Waals surface area contributed by atoms with Gasteiger partial charge >= 0.3 is 0 Å². The molecule has 3 rings (SSSR count). The smallest absolute Gasteiger partial charge is 0.214 e. The fourth-order valence-corrected chi connectivity index (χ4v) is 5.88. The number of sulfonamides is 1. The molecule has 2 aliphatic carbocycles. The lowest BCUT2D eigenvalue weighted by molar-refractivity contribution is 0.449. The molecule has 0 aliphatic heterocycles. The van der Waals surface area contributed by atoms with Crippen molar-refractivity contribution in [1.82, 2.24) is 9.71 Å². The molecule has 0 radical (unpaired) electrons. The van der Waals surface area contributed by atoms with Crippen LogP contribution in [-0.4, -0.2) is 25.2 Å². The zero-order chi connectivity index (χ0) is 15.1. The topological polar surface area (TPSA) is 59.1 Å². The van der Waals surface area contributed by atoms with Crippen LogP contribution in [0.4, 0.5) is 0 Å². The van der Waals surface area contributed by atoms with Crippen molar-refractivity contribution in [1.29, 1.82) is 0 Å². The van der Waals surface area contributed by atoms with Gasteiger partial charge in [-0.05, 0) is 42.7 Å². The molecule has 21 heavy (non-hydrogen) atoms. The van der Waals surface area contributed by atoms with Gasteiger partial charge in [-0.2, -0.15) is 0 Å². The maximum atomic E-state index is 12.6. The molecule has 2 aliphatic rings. The van der Waals surface area contributed by atoms with E-state index in [1.807, 2.05) is 32.2 Å². The number of nitrogens with one attached hydrogen (secondary N) is 1. The van der Waals surface area contributed by atoms with Gasteiger partial charge in [-0.15, -0.1) is 0 Å². The van der Waals surface area contributed by atoms with Gasteiger partial charge in [-0.3, -0.25) is 4.98 Å². The Hall–Kier alpha value is -0.940. The lowest BCUT2D eigenvalue weighted by atomic mass is 9.86. The summed E-state index contributed by atoms with van der Waals surface area (Å²) in [6.45, 7) is 4.52. The minimum Gasteiger partial charge on any atom is -0.264 e. The molecule has 5 heteroatoms. The van der Waals surface area contributed by atoms with Gasteiger partial charge in [0.05, 0.1) is 5.25 Å². The summed E-state index contributed by atoms with van der Waals surface area (Å²) in [5, 5.41) is -0.166. The van der Waals surface area contributed by atoms with Crippen LogP contribution in [0, 0.1) is 11.8 Å². The van der Waals surface area contributed by atoms with E-state index in [9.17, 15) is 8.42 Å². The first kappa shape index (κ1) is 15.0. The number of fused-ring (bicyclic) bond motifs is 2. The Morgan fingerprint density at radius 1 is 1.33 bits per heavy atom. The summed E-state index contributed by atoms with van der Waals surface area (Å²) in [6, 6.07) is 3.89. The third kappa shape index (κ3) is 2.99. The minimum absolute atomic E-state index is 0.166. The van der Waals surface area contributed by atoms with Crippen molar-refractivity contribution in [2.75, 3.05) is 6.54 Å². The molecule has 1 heterocycles. The van der Waals surface area contributed by atoms with E-state index in [-0.39, 0.29) is 10.7 Å². The Labute approximate surface area is 127 Å². The fourth-order valence-electron chi connectivity index (χ4n) is 3.82. The third-order valence-corrected chi connectivity index (χ3v) is 7.15. The average Bonchev–Trinajstić information content (AvgIpc) is 3.09. The van der Waals surface area contributed by atoms with E-state index in [1.165, 1.54) is 6.42 Å². The van der Waals surface area contributed by atoms with Crippen molar-refractivity contribution < 1.29 is 8.42 Å².